The predicted molar refractivity (Wildman–Crippen MR) is 114 cm³/mol. The number of sulfonamides is 1. The molecule has 3 aromatic rings. The van der Waals surface area contributed by atoms with Gasteiger partial charge in [-0.15, -0.1) is 0 Å². The van der Waals surface area contributed by atoms with Crippen molar-refractivity contribution in [3.05, 3.63) is 83.4 Å². The molecule has 29 heavy (non-hydrogen) atoms. The molecule has 1 N–H and O–H groups in total. The summed E-state index contributed by atoms with van der Waals surface area (Å²) in [6.07, 6.45) is 0. The Bertz CT molecular complexity index is 1130. The lowest BCUT2D eigenvalue weighted by Crippen LogP contribution is -2.29. The fourth-order valence-corrected chi connectivity index (χ4v) is 4.24. The predicted octanol–water partition coefficient (Wildman–Crippen LogP) is 4.43. The molecule has 150 valence electrons. The van der Waals surface area contributed by atoms with E-state index in [0.717, 1.165) is 4.31 Å². The van der Waals surface area contributed by atoms with Gasteiger partial charge < -0.3 is 10.1 Å². The van der Waals surface area contributed by atoms with Gasteiger partial charge in [-0.25, -0.2) is 8.42 Å². The Hall–Kier alpha value is -3.03. The second-order valence-electron chi connectivity index (χ2n) is 6.13. The van der Waals surface area contributed by atoms with Gasteiger partial charge in [0.15, 0.2) is 0 Å². The highest BCUT2D eigenvalue weighted by molar-refractivity contribution is 7.92. The summed E-state index contributed by atoms with van der Waals surface area (Å²) < 4.78 is 32.2. The lowest BCUT2D eigenvalue weighted by molar-refractivity contribution is 0.102. The van der Waals surface area contributed by atoms with E-state index >= 15 is 0 Å². The van der Waals surface area contributed by atoms with Gasteiger partial charge in [-0.3, -0.25) is 9.10 Å². The maximum Gasteiger partial charge on any atom is 0.264 e. The zero-order valence-corrected chi connectivity index (χ0v) is 17.4. The van der Waals surface area contributed by atoms with E-state index in [9.17, 15) is 13.2 Å². The summed E-state index contributed by atoms with van der Waals surface area (Å²) in [6.45, 7) is 0. The van der Waals surface area contributed by atoms with Crippen molar-refractivity contribution in [2.75, 3.05) is 23.8 Å². The van der Waals surface area contributed by atoms with Gasteiger partial charge in [0.2, 0.25) is 0 Å². The average molecular weight is 431 g/mol. The van der Waals surface area contributed by atoms with Gasteiger partial charge in [-0.1, -0.05) is 29.8 Å². The highest BCUT2D eigenvalue weighted by atomic mass is 35.5. The minimum absolute atomic E-state index is 0.0397. The van der Waals surface area contributed by atoms with Crippen LogP contribution < -0.4 is 14.4 Å². The lowest BCUT2D eigenvalue weighted by Gasteiger charge is -2.22. The van der Waals surface area contributed by atoms with E-state index in [1.807, 2.05) is 0 Å². The number of methoxy groups -OCH3 is 1. The topological polar surface area (TPSA) is 75.7 Å². The molecule has 3 aromatic carbocycles. The number of halogens is 1. The minimum Gasteiger partial charge on any atom is -0.497 e. The van der Waals surface area contributed by atoms with Crippen LogP contribution >= 0.6 is 11.6 Å². The first-order valence-electron chi connectivity index (χ1n) is 8.62. The Kier molecular flexibility index (Phi) is 6.10. The van der Waals surface area contributed by atoms with E-state index in [-0.39, 0.29) is 16.1 Å². The SMILES string of the molecule is COc1ccc(NC(=O)c2ccccc2N(C)S(=O)(=O)c2cccc(Cl)c2)cc1. The smallest absolute Gasteiger partial charge is 0.264 e. The molecule has 0 atom stereocenters. The van der Waals surface area contributed by atoms with E-state index in [0.29, 0.717) is 16.5 Å². The number of rotatable bonds is 6. The summed E-state index contributed by atoms with van der Waals surface area (Å²) in [7, 11) is -0.946. The van der Waals surface area contributed by atoms with E-state index in [1.54, 1.807) is 67.8 Å². The maximum absolute atomic E-state index is 13.0. The van der Waals surface area contributed by atoms with Crippen LogP contribution in [0, 0.1) is 0 Å². The summed E-state index contributed by atoms with van der Waals surface area (Å²) in [6, 6.07) is 19.3. The zero-order valence-electron chi connectivity index (χ0n) is 15.8. The normalized spacial score (nSPS) is 11.0. The number of nitrogens with zero attached hydrogens (tertiary/aromatic N) is 1. The molecule has 0 unspecified atom stereocenters. The molecule has 6 nitrogen and oxygen atoms in total. The van der Waals surface area contributed by atoms with Crippen molar-refractivity contribution < 1.29 is 17.9 Å². The van der Waals surface area contributed by atoms with Crippen molar-refractivity contribution in [1.82, 2.24) is 0 Å². The van der Waals surface area contributed by atoms with E-state index in [2.05, 4.69) is 5.32 Å². The number of nitrogens with one attached hydrogen (secondary N) is 1. The van der Waals surface area contributed by atoms with Crippen molar-refractivity contribution in [3.63, 3.8) is 0 Å². The van der Waals surface area contributed by atoms with Crippen molar-refractivity contribution in [2.45, 2.75) is 4.90 Å². The second kappa shape index (κ2) is 8.55. The molecule has 0 fully saturated rings. The quantitative estimate of drug-likeness (QED) is 0.627. The molecule has 0 bridgehead atoms. The largest absolute Gasteiger partial charge is 0.497 e. The number of hydrogen-bond acceptors (Lipinski definition) is 4. The van der Waals surface area contributed by atoms with Crippen LogP contribution in [0.25, 0.3) is 0 Å². The van der Waals surface area contributed by atoms with Crippen LogP contribution in [0.5, 0.6) is 5.75 Å². The van der Waals surface area contributed by atoms with Crippen molar-refractivity contribution in [3.8, 4) is 5.75 Å². The summed E-state index contributed by atoms with van der Waals surface area (Å²) in [4.78, 5) is 12.9. The molecule has 8 heteroatoms. The van der Waals surface area contributed by atoms with Crippen LogP contribution in [-0.4, -0.2) is 28.5 Å². The molecule has 1 amide bonds. The molecule has 0 aliphatic carbocycles. The second-order valence-corrected chi connectivity index (χ2v) is 8.54. The number of benzene rings is 3. The first-order valence-corrected chi connectivity index (χ1v) is 10.4. The minimum atomic E-state index is -3.90. The molecule has 0 radical (unpaired) electrons. The van der Waals surface area contributed by atoms with Gasteiger partial charge in [0.1, 0.15) is 5.75 Å². The molecular formula is C21H19ClN2O4S. The molecule has 0 aliphatic heterocycles. The van der Waals surface area contributed by atoms with E-state index < -0.39 is 15.9 Å². The molecule has 3 rings (SSSR count). The highest BCUT2D eigenvalue weighted by Crippen LogP contribution is 2.27. The molecule has 0 heterocycles. The van der Waals surface area contributed by atoms with Crippen molar-refractivity contribution >= 4 is 38.9 Å². The van der Waals surface area contributed by atoms with E-state index in [1.165, 1.54) is 19.2 Å². The number of carbonyl (C=O) groups excluding carboxylic acids is 1. The number of para-hydroxylation sites is 1. The first-order chi connectivity index (χ1) is 13.8. The van der Waals surface area contributed by atoms with Gasteiger partial charge in [0.25, 0.3) is 15.9 Å². The van der Waals surface area contributed by atoms with Gasteiger partial charge in [0, 0.05) is 17.8 Å². The van der Waals surface area contributed by atoms with Gasteiger partial charge in [-0.2, -0.15) is 0 Å². The summed E-state index contributed by atoms with van der Waals surface area (Å²) >= 11 is 5.94. The summed E-state index contributed by atoms with van der Waals surface area (Å²) in [5, 5.41) is 3.08. The zero-order chi connectivity index (χ0) is 21.0. The Balaban J connectivity index is 1.92. The Labute approximate surface area is 174 Å². The van der Waals surface area contributed by atoms with Crippen LogP contribution in [0.1, 0.15) is 10.4 Å². The van der Waals surface area contributed by atoms with Crippen LogP contribution in [0.15, 0.2) is 77.7 Å². The number of carbonyl (C=O) groups is 1. The Morgan fingerprint density at radius 1 is 1.00 bits per heavy atom. The Morgan fingerprint density at radius 2 is 1.69 bits per heavy atom. The number of anilines is 2. The average Bonchev–Trinajstić information content (AvgIpc) is 2.73. The highest BCUT2D eigenvalue weighted by Gasteiger charge is 2.25. The molecule has 0 aliphatic rings. The van der Waals surface area contributed by atoms with Crippen molar-refractivity contribution in [1.29, 1.82) is 0 Å². The Morgan fingerprint density at radius 3 is 2.34 bits per heavy atom. The van der Waals surface area contributed by atoms with Crippen LogP contribution in [-0.2, 0) is 10.0 Å². The molecule has 0 spiro atoms. The number of hydrogen-bond donors (Lipinski definition) is 1. The molecule has 0 saturated heterocycles. The third-order valence-electron chi connectivity index (χ3n) is 4.29. The first kappa shape index (κ1) is 20.7. The van der Waals surface area contributed by atoms with Crippen LogP contribution in [0.2, 0.25) is 5.02 Å². The lowest BCUT2D eigenvalue weighted by atomic mass is 10.1. The van der Waals surface area contributed by atoms with Crippen LogP contribution in [0.3, 0.4) is 0 Å². The molecular weight excluding hydrogens is 412 g/mol. The number of amides is 1. The fraction of sp³-hybridized carbons (Fsp3) is 0.0952. The third kappa shape index (κ3) is 4.52. The van der Waals surface area contributed by atoms with Gasteiger partial charge >= 0.3 is 0 Å². The third-order valence-corrected chi connectivity index (χ3v) is 6.29. The summed E-state index contributed by atoms with van der Waals surface area (Å²) in [5.74, 6) is 0.231. The van der Waals surface area contributed by atoms with Gasteiger partial charge in [0.05, 0.1) is 23.3 Å². The van der Waals surface area contributed by atoms with Crippen LogP contribution in [0.4, 0.5) is 11.4 Å². The molecule has 0 aromatic heterocycles. The fourth-order valence-electron chi connectivity index (χ4n) is 2.73. The maximum atomic E-state index is 13.0. The van der Waals surface area contributed by atoms with Gasteiger partial charge in [-0.05, 0) is 54.6 Å². The van der Waals surface area contributed by atoms with E-state index in [4.69, 9.17) is 16.3 Å². The monoisotopic (exact) mass is 430 g/mol. The summed E-state index contributed by atoms with van der Waals surface area (Å²) in [5.41, 5.74) is 1.03. The van der Waals surface area contributed by atoms with Crippen molar-refractivity contribution in [2.24, 2.45) is 0 Å². The standard InChI is InChI=1S/C21H19ClN2O4S/c1-24(29(26,27)18-7-5-6-15(22)14-18)20-9-4-3-8-19(20)21(25)23-16-10-12-17(28-2)13-11-16/h3-14H,1-2H3,(H,23,25). The molecule has 0 saturated carbocycles. The number of ether oxygens (including phenoxy) is 1.